The van der Waals surface area contributed by atoms with E-state index in [1.54, 1.807) is 0 Å². The summed E-state index contributed by atoms with van der Waals surface area (Å²) in [7, 11) is 0. The van der Waals surface area contributed by atoms with Crippen molar-refractivity contribution in [1.82, 2.24) is 10.2 Å². The Kier molecular flexibility index (Phi) is 3.15. The van der Waals surface area contributed by atoms with Gasteiger partial charge in [0.25, 0.3) is 0 Å². The SMILES string of the molecule is CC1CNC(C)(C)CN1C(=O)C(C)(C)C. The molecule has 15 heavy (non-hydrogen) atoms. The number of rotatable bonds is 0. The summed E-state index contributed by atoms with van der Waals surface area (Å²) in [5, 5.41) is 3.45. The average Bonchev–Trinajstić information content (AvgIpc) is 2.06. The lowest BCUT2D eigenvalue weighted by molar-refractivity contribution is -0.144. The van der Waals surface area contributed by atoms with Gasteiger partial charge in [0, 0.05) is 30.1 Å². The molecule has 1 amide bonds. The minimum absolute atomic E-state index is 0.0351. The lowest BCUT2D eigenvalue weighted by Crippen LogP contribution is -2.63. The summed E-state index contributed by atoms with van der Waals surface area (Å²) in [5.74, 6) is 0.254. The minimum atomic E-state index is -0.276. The Morgan fingerprint density at radius 3 is 2.40 bits per heavy atom. The summed E-state index contributed by atoms with van der Waals surface area (Å²) in [4.78, 5) is 14.2. The van der Waals surface area contributed by atoms with Crippen LogP contribution in [0.2, 0.25) is 0 Å². The number of carbonyl (C=O) groups is 1. The Bertz CT molecular complexity index is 253. The van der Waals surface area contributed by atoms with Gasteiger partial charge in [0.2, 0.25) is 5.91 Å². The van der Waals surface area contributed by atoms with Crippen LogP contribution in [0, 0.1) is 5.41 Å². The number of nitrogens with zero attached hydrogens (tertiary/aromatic N) is 1. The standard InChI is InChI=1S/C12H24N2O/c1-9-7-13-12(5,6)8-14(9)10(15)11(2,3)4/h9,13H,7-8H2,1-6H3. The summed E-state index contributed by atoms with van der Waals surface area (Å²) in [6.45, 7) is 14.0. The molecule has 1 saturated heterocycles. The van der Waals surface area contributed by atoms with Gasteiger partial charge >= 0.3 is 0 Å². The smallest absolute Gasteiger partial charge is 0.228 e. The first-order valence-electron chi connectivity index (χ1n) is 5.69. The third kappa shape index (κ3) is 2.94. The largest absolute Gasteiger partial charge is 0.336 e. The molecule has 1 heterocycles. The van der Waals surface area contributed by atoms with Gasteiger partial charge in [-0.15, -0.1) is 0 Å². The van der Waals surface area contributed by atoms with Crippen molar-refractivity contribution in [2.75, 3.05) is 13.1 Å². The van der Waals surface area contributed by atoms with Gasteiger partial charge in [0.05, 0.1) is 0 Å². The third-order valence-electron chi connectivity index (χ3n) is 2.88. The number of piperazine rings is 1. The van der Waals surface area contributed by atoms with E-state index >= 15 is 0 Å². The molecule has 3 nitrogen and oxygen atoms in total. The van der Waals surface area contributed by atoms with Crippen LogP contribution in [-0.2, 0) is 4.79 Å². The molecule has 1 rings (SSSR count). The molecule has 0 aromatic rings. The molecule has 0 aliphatic carbocycles. The fourth-order valence-corrected chi connectivity index (χ4v) is 1.87. The molecule has 1 aliphatic rings. The zero-order valence-corrected chi connectivity index (χ0v) is 10.8. The van der Waals surface area contributed by atoms with E-state index in [2.05, 4.69) is 26.1 Å². The van der Waals surface area contributed by atoms with Gasteiger partial charge < -0.3 is 10.2 Å². The normalized spacial score (nSPS) is 26.5. The number of nitrogens with one attached hydrogen (secondary N) is 1. The fraction of sp³-hybridized carbons (Fsp3) is 0.917. The van der Waals surface area contributed by atoms with E-state index in [0.29, 0.717) is 6.04 Å². The highest BCUT2D eigenvalue weighted by Gasteiger charge is 2.37. The molecule has 1 aliphatic heterocycles. The number of amides is 1. The van der Waals surface area contributed by atoms with Crippen LogP contribution in [-0.4, -0.2) is 35.5 Å². The molecule has 0 aromatic heterocycles. The van der Waals surface area contributed by atoms with Crippen LogP contribution in [0.1, 0.15) is 41.5 Å². The summed E-state index contributed by atoms with van der Waals surface area (Å²) < 4.78 is 0. The maximum Gasteiger partial charge on any atom is 0.228 e. The highest BCUT2D eigenvalue weighted by Crippen LogP contribution is 2.23. The fourth-order valence-electron chi connectivity index (χ4n) is 1.87. The first kappa shape index (κ1) is 12.5. The zero-order chi connectivity index (χ0) is 11.9. The lowest BCUT2D eigenvalue weighted by atomic mass is 9.91. The molecule has 3 heteroatoms. The van der Waals surface area contributed by atoms with Gasteiger partial charge in [-0.3, -0.25) is 4.79 Å². The van der Waals surface area contributed by atoms with Crippen LogP contribution in [0.3, 0.4) is 0 Å². The second-order valence-electron chi connectivity index (χ2n) is 6.30. The number of hydrogen-bond donors (Lipinski definition) is 1. The number of hydrogen-bond acceptors (Lipinski definition) is 2. The minimum Gasteiger partial charge on any atom is -0.336 e. The van der Waals surface area contributed by atoms with Gasteiger partial charge in [-0.05, 0) is 20.8 Å². The van der Waals surface area contributed by atoms with E-state index in [1.165, 1.54) is 0 Å². The van der Waals surface area contributed by atoms with E-state index in [9.17, 15) is 4.79 Å². The van der Waals surface area contributed by atoms with Crippen molar-refractivity contribution in [2.24, 2.45) is 5.41 Å². The second kappa shape index (κ2) is 3.78. The Labute approximate surface area is 93.2 Å². The Hall–Kier alpha value is -0.570. The Balaban J connectivity index is 2.79. The quantitative estimate of drug-likeness (QED) is 0.662. The van der Waals surface area contributed by atoms with E-state index in [0.717, 1.165) is 13.1 Å². The van der Waals surface area contributed by atoms with Crippen molar-refractivity contribution in [2.45, 2.75) is 53.1 Å². The van der Waals surface area contributed by atoms with Crippen molar-refractivity contribution >= 4 is 5.91 Å². The zero-order valence-electron chi connectivity index (χ0n) is 10.8. The maximum atomic E-state index is 12.2. The van der Waals surface area contributed by atoms with Gasteiger partial charge in [0.15, 0.2) is 0 Å². The van der Waals surface area contributed by atoms with Crippen LogP contribution < -0.4 is 5.32 Å². The summed E-state index contributed by atoms with van der Waals surface area (Å²) in [6.07, 6.45) is 0. The first-order chi connectivity index (χ1) is 6.63. The van der Waals surface area contributed by atoms with Crippen molar-refractivity contribution in [3.8, 4) is 0 Å². The molecular weight excluding hydrogens is 188 g/mol. The van der Waals surface area contributed by atoms with Gasteiger partial charge in [-0.25, -0.2) is 0 Å². The summed E-state index contributed by atoms with van der Waals surface area (Å²) >= 11 is 0. The predicted octanol–water partition coefficient (Wildman–Crippen LogP) is 1.63. The highest BCUT2D eigenvalue weighted by atomic mass is 16.2. The average molecular weight is 212 g/mol. The van der Waals surface area contributed by atoms with Crippen LogP contribution in [0.15, 0.2) is 0 Å². The predicted molar refractivity (Wildman–Crippen MR) is 62.7 cm³/mol. The van der Waals surface area contributed by atoms with Crippen molar-refractivity contribution in [3.63, 3.8) is 0 Å². The molecule has 0 spiro atoms. The molecule has 1 unspecified atom stereocenters. The second-order valence-corrected chi connectivity index (χ2v) is 6.30. The van der Waals surface area contributed by atoms with Crippen LogP contribution >= 0.6 is 0 Å². The molecule has 0 aromatic carbocycles. The summed E-state index contributed by atoms with van der Waals surface area (Å²) in [6, 6.07) is 0.296. The molecule has 0 radical (unpaired) electrons. The van der Waals surface area contributed by atoms with Crippen LogP contribution in [0.4, 0.5) is 0 Å². The molecular formula is C12H24N2O. The van der Waals surface area contributed by atoms with Gasteiger partial charge in [-0.1, -0.05) is 20.8 Å². The lowest BCUT2D eigenvalue weighted by Gasteiger charge is -2.45. The van der Waals surface area contributed by atoms with Crippen molar-refractivity contribution in [1.29, 1.82) is 0 Å². The highest BCUT2D eigenvalue weighted by molar-refractivity contribution is 5.82. The van der Waals surface area contributed by atoms with E-state index in [-0.39, 0.29) is 16.9 Å². The van der Waals surface area contributed by atoms with E-state index in [1.807, 2.05) is 25.7 Å². The Morgan fingerprint density at radius 1 is 1.40 bits per heavy atom. The molecule has 0 saturated carbocycles. The monoisotopic (exact) mass is 212 g/mol. The van der Waals surface area contributed by atoms with Gasteiger partial charge in [-0.2, -0.15) is 0 Å². The summed E-state index contributed by atoms with van der Waals surface area (Å²) in [5.41, 5.74) is -0.241. The molecule has 1 fully saturated rings. The molecule has 88 valence electrons. The number of carbonyl (C=O) groups excluding carboxylic acids is 1. The first-order valence-corrected chi connectivity index (χ1v) is 5.69. The van der Waals surface area contributed by atoms with E-state index in [4.69, 9.17) is 0 Å². The van der Waals surface area contributed by atoms with Crippen molar-refractivity contribution < 1.29 is 4.79 Å². The molecule has 0 bridgehead atoms. The maximum absolute atomic E-state index is 12.2. The van der Waals surface area contributed by atoms with Crippen molar-refractivity contribution in [3.05, 3.63) is 0 Å². The third-order valence-corrected chi connectivity index (χ3v) is 2.88. The Morgan fingerprint density at radius 2 is 1.93 bits per heavy atom. The van der Waals surface area contributed by atoms with E-state index < -0.39 is 0 Å². The topological polar surface area (TPSA) is 32.3 Å². The molecule has 1 N–H and O–H groups in total. The van der Waals surface area contributed by atoms with Gasteiger partial charge in [0.1, 0.15) is 0 Å². The van der Waals surface area contributed by atoms with Crippen LogP contribution in [0.5, 0.6) is 0 Å². The molecule has 1 atom stereocenters. The van der Waals surface area contributed by atoms with Crippen LogP contribution in [0.25, 0.3) is 0 Å².